The summed E-state index contributed by atoms with van der Waals surface area (Å²) in [7, 11) is -3.43. The van der Waals surface area contributed by atoms with Crippen LogP contribution < -0.4 is 14.2 Å². The molecule has 0 aliphatic carbocycles. The van der Waals surface area contributed by atoms with Crippen LogP contribution in [0, 0.1) is 0 Å². The second-order valence-corrected chi connectivity index (χ2v) is 7.95. The summed E-state index contributed by atoms with van der Waals surface area (Å²) in [6.07, 6.45) is -0.343. The predicted molar refractivity (Wildman–Crippen MR) is 91.1 cm³/mol. The average Bonchev–Trinajstić information content (AvgIpc) is 2.55. The minimum atomic E-state index is -3.43. The number of hydrogen-bond acceptors (Lipinski definition) is 4. The van der Waals surface area contributed by atoms with Crippen LogP contribution in [-0.2, 0) is 15.8 Å². The van der Waals surface area contributed by atoms with E-state index >= 15 is 0 Å². The number of ether oxygens (including phenoxy) is 2. The van der Waals surface area contributed by atoms with Gasteiger partial charge < -0.3 is 9.47 Å². The summed E-state index contributed by atoms with van der Waals surface area (Å²) in [6, 6.07) is 14.5. The molecule has 0 aromatic heterocycles. The Morgan fingerprint density at radius 1 is 1.09 bits per heavy atom. The van der Waals surface area contributed by atoms with E-state index in [1.54, 1.807) is 18.2 Å². The molecule has 1 aliphatic heterocycles. The van der Waals surface area contributed by atoms with Gasteiger partial charge in [-0.3, -0.25) is 0 Å². The van der Waals surface area contributed by atoms with Crippen LogP contribution in [0.5, 0.6) is 11.5 Å². The summed E-state index contributed by atoms with van der Waals surface area (Å²) < 4.78 is 39.1. The zero-order chi connectivity index (χ0) is 16.3. The number of rotatable bonds is 5. The highest BCUT2D eigenvalue weighted by molar-refractivity contribution is 9.10. The summed E-state index contributed by atoms with van der Waals surface area (Å²) >= 11 is 3.33. The summed E-state index contributed by atoms with van der Waals surface area (Å²) in [4.78, 5) is 0. The molecule has 1 heterocycles. The van der Waals surface area contributed by atoms with Crippen LogP contribution >= 0.6 is 15.9 Å². The van der Waals surface area contributed by atoms with Crippen LogP contribution in [0.1, 0.15) is 5.56 Å². The third-order valence-corrected chi connectivity index (χ3v) is 5.22. The molecular formula is C16H16BrNO4S. The van der Waals surface area contributed by atoms with E-state index in [9.17, 15) is 8.42 Å². The SMILES string of the molecule is O=S(=O)(Cc1ccc(Br)cc1)NC[C@@H]1COc2ccccc2O1. The molecule has 122 valence electrons. The van der Waals surface area contributed by atoms with Gasteiger partial charge in [0.15, 0.2) is 11.5 Å². The lowest BCUT2D eigenvalue weighted by molar-refractivity contribution is 0.0943. The Labute approximate surface area is 143 Å². The fourth-order valence-corrected chi connectivity index (χ4v) is 3.67. The lowest BCUT2D eigenvalue weighted by Gasteiger charge is -2.26. The van der Waals surface area contributed by atoms with E-state index in [0.717, 1.165) is 10.0 Å². The Morgan fingerprint density at radius 3 is 2.52 bits per heavy atom. The monoisotopic (exact) mass is 397 g/mol. The Kier molecular flexibility index (Phi) is 4.89. The van der Waals surface area contributed by atoms with Crippen molar-refractivity contribution in [3.8, 4) is 11.5 Å². The first kappa shape index (κ1) is 16.3. The molecule has 0 amide bonds. The van der Waals surface area contributed by atoms with Crippen molar-refractivity contribution in [3.05, 3.63) is 58.6 Å². The van der Waals surface area contributed by atoms with Crippen LogP contribution in [-0.4, -0.2) is 27.7 Å². The molecule has 0 fully saturated rings. The zero-order valence-electron chi connectivity index (χ0n) is 12.2. The third-order valence-electron chi connectivity index (χ3n) is 3.37. The molecule has 0 saturated heterocycles. The first-order valence-corrected chi connectivity index (χ1v) is 9.57. The first-order chi connectivity index (χ1) is 11.0. The molecule has 5 nitrogen and oxygen atoms in total. The third kappa shape index (κ3) is 4.46. The Balaban J connectivity index is 1.56. The van der Waals surface area contributed by atoms with E-state index in [1.807, 2.05) is 30.3 Å². The van der Waals surface area contributed by atoms with Gasteiger partial charge in [-0.1, -0.05) is 40.2 Å². The van der Waals surface area contributed by atoms with Crippen molar-refractivity contribution in [2.75, 3.05) is 13.2 Å². The van der Waals surface area contributed by atoms with Crippen molar-refractivity contribution in [2.24, 2.45) is 0 Å². The van der Waals surface area contributed by atoms with Crippen LogP contribution in [0.3, 0.4) is 0 Å². The maximum absolute atomic E-state index is 12.2. The highest BCUT2D eigenvalue weighted by Crippen LogP contribution is 2.30. The van der Waals surface area contributed by atoms with Gasteiger partial charge >= 0.3 is 0 Å². The Morgan fingerprint density at radius 2 is 1.78 bits per heavy atom. The number of benzene rings is 2. The van der Waals surface area contributed by atoms with Crippen LogP contribution in [0.2, 0.25) is 0 Å². The molecule has 1 N–H and O–H groups in total. The smallest absolute Gasteiger partial charge is 0.215 e. The first-order valence-electron chi connectivity index (χ1n) is 7.12. The predicted octanol–water partition coefficient (Wildman–Crippen LogP) is 2.71. The van der Waals surface area contributed by atoms with Crippen molar-refractivity contribution in [1.29, 1.82) is 0 Å². The molecular weight excluding hydrogens is 382 g/mol. The molecule has 2 aromatic carbocycles. The number of para-hydroxylation sites is 2. The minimum Gasteiger partial charge on any atom is -0.486 e. The van der Waals surface area contributed by atoms with E-state index in [4.69, 9.17) is 9.47 Å². The van der Waals surface area contributed by atoms with E-state index in [2.05, 4.69) is 20.7 Å². The Bertz CT molecular complexity index is 777. The van der Waals surface area contributed by atoms with Crippen LogP contribution in [0.25, 0.3) is 0 Å². The molecule has 0 unspecified atom stereocenters. The van der Waals surface area contributed by atoms with Crippen LogP contribution in [0.15, 0.2) is 53.0 Å². The van der Waals surface area contributed by atoms with Gasteiger partial charge in [-0.2, -0.15) is 0 Å². The van der Waals surface area contributed by atoms with Gasteiger partial charge in [0, 0.05) is 4.47 Å². The molecule has 2 aromatic rings. The second kappa shape index (κ2) is 6.90. The normalized spacial score (nSPS) is 17.0. The van der Waals surface area contributed by atoms with Gasteiger partial charge in [0.2, 0.25) is 10.0 Å². The van der Waals surface area contributed by atoms with Gasteiger partial charge in [0.05, 0.1) is 12.3 Å². The highest BCUT2D eigenvalue weighted by atomic mass is 79.9. The minimum absolute atomic E-state index is 0.0650. The van der Waals surface area contributed by atoms with Crippen molar-refractivity contribution in [2.45, 2.75) is 11.9 Å². The summed E-state index contributed by atoms with van der Waals surface area (Å²) in [5.41, 5.74) is 0.729. The fourth-order valence-electron chi connectivity index (χ4n) is 2.23. The van der Waals surface area contributed by atoms with Gasteiger partial charge in [0.1, 0.15) is 12.7 Å². The molecule has 0 saturated carbocycles. The van der Waals surface area contributed by atoms with Gasteiger partial charge in [-0.15, -0.1) is 0 Å². The maximum Gasteiger partial charge on any atom is 0.215 e. The van der Waals surface area contributed by atoms with E-state index in [0.29, 0.717) is 18.1 Å². The largest absolute Gasteiger partial charge is 0.486 e. The number of halogens is 1. The maximum atomic E-state index is 12.2. The van der Waals surface area contributed by atoms with E-state index < -0.39 is 10.0 Å². The van der Waals surface area contributed by atoms with Crippen molar-refractivity contribution >= 4 is 26.0 Å². The lowest BCUT2D eigenvalue weighted by Crippen LogP contribution is -2.41. The molecule has 7 heteroatoms. The van der Waals surface area contributed by atoms with E-state index in [-0.39, 0.29) is 18.4 Å². The molecule has 1 atom stereocenters. The van der Waals surface area contributed by atoms with Gasteiger partial charge in [-0.25, -0.2) is 13.1 Å². The second-order valence-electron chi connectivity index (χ2n) is 5.23. The molecule has 0 spiro atoms. The van der Waals surface area contributed by atoms with Crippen molar-refractivity contribution < 1.29 is 17.9 Å². The summed E-state index contributed by atoms with van der Waals surface area (Å²) in [5.74, 6) is 1.25. The standard InChI is InChI=1S/C16H16BrNO4S/c17-13-7-5-12(6-8-13)11-23(19,20)18-9-14-10-21-15-3-1-2-4-16(15)22-14/h1-8,14,18H,9-11H2/t14-/m1/s1. The molecule has 23 heavy (non-hydrogen) atoms. The fraction of sp³-hybridized carbons (Fsp3) is 0.250. The topological polar surface area (TPSA) is 64.6 Å². The number of nitrogens with one attached hydrogen (secondary N) is 1. The molecule has 0 radical (unpaired) electrons. The number of sulfonamides is 1. The quantitative estimate of drug-likeness (QED) is 0.842. The van der Waals surface area contributed by atoms with Gasteiger partial charge in [-0.05, 0) is 29.8 Å². The lowest BCUT2D eigenvalue weighted by atomic mass is 10.2. The summed E-state index contributed by atoms with van der Waals surface area (Å²) in [5, 5.41) is 0. The number of hydrogen-bond donors (Lipinski definition) is 1. The van der Waals surface area contributed by atoms with Crippen LogP contribution in [0.4, 0.5) is 0 Å². The van der Waals surface area contributed by atoms with Crippen molar-refractivity contribution in [3.63, 3.8) is 0 Å². The molecule has 0 bridgehead atoms. The van der Waals surface area contributed by atoms with Gasteiger partial charge in [0.25, 0.3) is 0 Å². The summed E-state index contributed by atoms with van der Waals surface area (Å²) in [6.45, 7) is 0.491. The average molecular weight is 398 g/mol. The van der Waals surface area contributed by atoms with E-state index in [1.165, 1.54) is 0 Å². The van der Waals surface area contributed by atoms with Crippen molar-refractivity contribution in [1.82, 2.24) is 4.72 Å². The molecule has 3 rings (SSSR count). The highest BCUT2D eigenvalue weighted by Gasteiger charge is 2.22. The zero-order valence-corrected chi connectivity index (χ0v) is 14.6. The Hall–Kier alpha value is -1.57. The molecule has 1 aliphatic rings. The number of fused-ring (bicyclic) bond motifs is 1.